The molecule has 2 rings (SSSR count). The number of carbonyl (C=O) groups is 1. The molecule has 1 fully saturated rings. The third kappa shape index (κ3) is 2.66. The lowest BCUT2D eigenvalue weighted by Crippen LogP contribution is -2.41. The first-order valence-corrected chi connectivity index (χ1v) is 7.01. The number of rotatable bonds is 2. The minimum absolute atomic E-state index is 0.152. The fraction of sp³-hybridized carbons (Fsp3) is 0.500. The van der Waals surface area contributed by atoms with E-state index in [1.54, 1.807) is 0 Å². The first-order chi connectivity index (χ1) is 8.09. The van der Waals surface area contributed by atoms with E-state index in [1.165, 1.54) is 11.3 Å². The van der Waals surface area contributed by atoms with Crippen LogP contribution in [0.15, 0.2) is 11.4 Å². The second kappa shape index (κ2) is 5.14. The summed E-state index contributed by atoms with van der Waals surface area (Å²) in [7, 11) is 0. The molecule has 92 valence electrons. The van der Waals surface area contributed by atoms with Crippen LogP contribution in [0.3, 0.4) is 0 Å². The van der Waals surface area contributed by atoms with Crippen molar-refractivity contribution in [3.05, 3.63) is 21.9 Å². The number of carbonyl (C=O) groups excluding carboxylic acids is 1. The third-order valence-electron chi connectivity index (χ3n) is 3.24. The Morgan fingerprint density at radius 1 is 1.53 bits per heavy atom. The minimum Gasteiger partial charge on any atom is -0.393 e. The van der Waals surface area contributed by atoms with Gasteiger partial charge in [-0.25, -0.2) is 0 Å². The molecule has 1 aliphatic rings. The molecule has 2 heterocycles. The van der Waals surface area contributed by atoms with Crippen molar-refractivity contribution >= 4 is 34.5 Å². The smallest absolute Gasteiger partial charge is 0.264 e. The van der Waals surface area contributed by atoms with Gasteiger partial charge in [-0.1, -0.05) is 12.2 Å². The quantitative estimate of drug-likeness (QED) is 0.836. The Balaban J connectivity index is 2.00. The van der Waals surface area contributed by atoms with Crippen molar-refractivity contribution in [1.82, 2.24) is 4.90 Å². The van der Waals surface area contributed by atoms with E-state index in [9.17, 15) is 4.79 Å². The standard InChI is InChI=1S/C12H16N2OS2/c1-8-4-7-17-10(8)12(15)14-5-2-9(3-6-14)11(13)16/h4,7,9H,2-3,5-6H2,1H3,(H2,13,16). The third-order valence-corrected chi connectivity index (χ3v) is 4.58. The van der Waals surface area contributed by atoms with Gasteiger partial charge in [-0.15, -0.1) is 11.3 Å². The normalized spacial score (nSPS) is 17.1. The van der Waals surface area contributed by atoms with Gasteiger partial charge in [0, 0.05) is 19.0 Å². The average molecular weight is 268 g/mol. The van der Waals surface area contributed by atoms with Gasteiger partial charge in [-0.2, -0.15) is 0 Å². The molecule has 1 saturated heterocycles. The number of likely N-dealkylation sites (tertiary alicyclic amines) is 1. The Hall–Kier alpha value is -0.940. The summed E-state index contributed by atoms with van der Waals surface area (Å²) in [6, 6.07) is 1.99. The molecule has 1 aliphatic heterocycles. The lowest BCUT2D eigenvalue weighted by atomic mass is 9.97. The van der Waals surface area contributed by atoms with Gasteiger partial charge in [-0.3, -0.25) is 4.79 Å². The topological polar surface area (TPSA) is 46.3 Å². The number of amides is 1. The fourth-order valence-corrected chi connectivity index (χ4v) is 3.23. The van der Waals surface area contributed by atoms with E-state index in [1.807, 2.05) is 23.3 Å². The van der Waals surface area contributed by atoms with E-state index in [2.05, 4.69) is 0 Å². The number of thiophene rings is 1. The molecule has 2 N–H and O–H groups in total. The van der Waals surface area contributed by atoms with Crippen molar-refractivity contribution < 1.29 is 4.79 Å². The first-order valence-electron chi connectivity index (χ1n) is 5.72. The average Bonchev–Trinajstić information content (AvgIpc) is 2.74. The van der Waals surface area contributed by atoms with Gasteiger partial charge in [0.1, 0.15) is 0 Å². The highest BCUT2D eigenvalue weighted by Gasteiger charge is 2.26. The van der Waals surface area contributed by atoms with E-state index in [0.717, 1.165) is 36.4 Å². The minimum atomic E-state index is 0.152. The van der Waals surface area contributed by atoms with Gasteiger partial charge >= 0.3 is 0 Å². The van der Waals surface area contributed by atoms with Crippen molar-refractivity contribution in [2.45, 2.75) is 19.8 Å². The lowest BCUT2D eigenvalue weighted by molar-refractivity contribution is 0.0714. The number of nitrogens with zero attached hydrogens (tertiary/aromatic N) is 1. The zero-order valence-electron chi connectivity index (χ0n) is 9.81. The highest BCUT2D eigenvalue weighted by molar-refractivity contribution is 7.80. The molecule has 0 saturated carbocycles. The molecule has 17 heavy (non-hydrogen) atoms. The highest BCUT2D eigenvalue weighted by atomic mass is 32.1. The van der Waals surface area contributed by atoms with Crippen LogP contribution >= 0.6 is 23.6 Å². The molecule has 0 unspecified atom stereocenters. The number of hydrogen-bond donors (Lipinski definition) is 1. The van der Waals surface area contributed by atoms with Crippen LogP contribution in [0.1, 0.15) is 28.1 Å². The molecule has 3 nitrogen and oxygen atoms in total. The molecule has 1 amide bonds. The largest absolute Gasteiger partial charge is 0.393 e. The van der Waals surface area contributed by atoms with E-state index >= 15 is 0 Å². The maximum absolute atomic E-state index is 12.2. The van der Waals surface area contributed by atoms with Gasteiger partial charge < -0.3 is 10.6 Å². The Morgan fingerprint density at radius 3 is 2.65 bits per heavy atom. The van der Waals surface area contributed by atoms with Crippen molar-refractivity contribution in [2.24, 2.45) is 11.7 Å². The van der Waals surface area contributed by atoms with Crippen LogP contribution in [-0.2, 0) is 0 Å². The summed E-state index contributed by atoms with van der Waals surface area (Å²) in [6.45, 7) is 3.50. The molecule has 5 heteroatoms. The van der Waals surface area contributed by atoms with E-state index in [4.69, 9.17) is 18.0 Å². The Kier molecular flexibility index (Phi) is 3.79. The molecule has 1 aromatic rings. The Morgan fingerprint density at radius 2 is 2.18 bits per heavy atom. The van der Waals surface area contributed by atoms with Gasteiger partial charge in [-0.05, 0) is 36.8 Å². The van der Waals surface area contributed by atoms with Crippen LogP contribution < -0.4 is 5.73 Å². The molecule has 0 atom stereocenters. The summed E-state index contributed by atoms with van der Waals surface area (Å²) in [5.74, 6) is 0.456. The van der Waals surface area contributed by atoms with E-state index < -0.39 is 0 Å². The van der Waals surface area contributed by atoms with Gasteiger partial charge in [0.2, 0.25) is 0 Å². The zero-order chi connectivity index (χ0) is 12.4. The van der Waals surface area contributed by atoms with Crippen LogP contribution in [0.25, 0.3) is 0 Å². The van der Waals surface area contributed by atoms with Crippen molar-refractivity contribution in [2.75, 3.05) is 13.1 Å². The second-order valence-corrected chi connectivity index (χ2v) is 5.79. The molecular weight excluding hydrogens is 252 g/mol. The number of nitrogens with two attached hydrogens (primary N) is 1. The summed E-state index contributed by atoms with van der Waals surface area (Å²) in [5.41, 5.74) is 6.70. The fourth-order valence-electron chi connectivity index (χ4n) is 2.10. The highest BCUT2D eigenvalue weighted by Crippen LogP contribution is 2.22. The van der Waals surface area contributed by atoms with Crippen molar-refractivity contribution in [3.8, 4) is 0 Å². The summed E-state index contributed by atoms with van der Waals surface area (Å²) in [6.07, 6.45) is 1.79. The van der Waals surface area contributed by atoms with Crippen LogP contribution in [0.4, 0.5) is 0 Å². The van der Waals surface area contributed by atoms with Crippen LogP contribution in [0, 0.1) is 12.8 Å². The Labute approximate surface area is 111 Å². The second-order valence-electron chi connectivity index (χ2n) is 4.40. The molecule has 0 radical (unpaired) electrons. The number of hydrogen-bond acceptors (Lipinski definition) is 3. The molecule has 0 aromatic carbocycles. The number of piperidine rings is 1. The van der Waals surface area contributed by atoms with Crippen molar-refractivity contribution in [3.63, 3.8) is 0 Å². The zero-order valence-corrected chi connectivity index (χ0v) is 11.4. The summed E-state index contributed by atoms with van der Waals surface area (Å²) in [4.78, 5) is 15.6. The number of thiocarbonyl (C=S) groups is 1. The molecule has 1 aromatic heterocycles. The predicted octanol–water partition coefficient (Wildman–Crippen LogP) is 2.19. The van der Waals surface area contributed by atoms with E-state index in [-0.39, 0.29) is 5.91 Å². The van der Waals surface area contributed by atoms with Gasteiger partial charge in [0.25, 0.3) is 5.91 Å². The molecular formula is C12H16N2OS2. The summed E-state index contributed by atoms with van der Waals surface area (Å²) >= 11 is 6.51. The van der Waals surface area contributed by atoms with Crippen molar-refractivity contribution in [1.29, 1.82) is 0 Å². The molecule has 0 spiro atoms. The van der Waals surface area contributed by atoms with Crippen LogP contribution in [-0.4, -0.2) is 28.9 Å². The maximum Gasteiger partial charge on any atom is 0.264 e. The first kappa shape index (κ1) is 12.5. The van der Waals surface area contributed by atoms with Crippen LogP contribution in [0.2, 0.25) is 0 Å². The SMILES string of the molecule is Cc1ccsc1C(=O)N1CCC(C(N)=S)CC1. The maximum atomic E-state index is 12.2. The van der Waals surface area contributed by atoms with Crippen LogP contribution in [0.5, 0.6) is 0 Å². The lowest BCUT2D eigenvalue weighted by Gasteiger charge is -2.31. The van der Waals surface area contributed by atoms with Gasteiger partial charge in [0.05, 0.1) is 9.87 Å². The number of aryl methyl sites for hydroxylation is 1. The van der Waals surface area contributed by atoms with E-state index in [0.29, 0.717) is 10.9 Å². The monoisotopic (exact) mass is 268 g/mol. The van der Waals surface area contributed by atoms with Gasteiger partial charge in [0.15, 0.2) is 0 Å². The summed E-state index contributed by atoms with van der Waals surface area (Å²) in [5, 5.41) is 1.96. The summed E-state index contributed by atoms with van der Waals surface area (Å²) < 4.78 is 0. The molecule has 0 aliphatic carbocycles. The Bertz CT molecular complexity index is 433. The molecule has 0 bridgehead atoms. The predicted molar refractivity (Wildman–Crippen MR) is 74.5 cm³/mol.